The fraction of sp³-hybridized carbons (Fsp3) is 0.471. The third-order valence-corrected chi connectivity index (χ3v) is 5.94. The number of fused-ring (bicyclic) bond motifs is 1. The minimum Gasteiger partial charge on any atom is -0.361 e. The Hall–Kier alpha value is -1.66. The molecule has 124 valence electrons. The topological polar surface area (TPSA) is 72.2 Å². The molecule has 1 N–H and O–H groups in total. The Balaban J connectivity index is 1.69. The first kappa shape index (κ1) is 16.2. The highest BCUT2D eigenvalue weighted by molar-refractivity contribution is 7.89. The zero-order valence-electron chi connectivity index (χ0n) is 13.6. The molecule has 1 aromatic carbocycles. The molecule has 1 heterocycles. The van der Waals surface area contributed by atoms with Gasteiger partial charge in [-0.25, -0.2) is 13.1 Å². The van der Waals surface area contributed by atoms with Gasteiger partial charge in [0, 0.05) is 12.1 Å². The first-order valence-corrected chi connectivity index (χ1v) is 9.49. The predicted molar refractivity (Wildman–Crippen MR) is 88.0 cm³/mol. The van der Waals surface area contributed by atoms with E-state index in [2.05, 4.69) is 9.88 Å². The molecule has 0 unspecified atom stereocenters. The maximum atomic E-state index is 12.5. The molecular weight excluding hydrogens is 312 g/mol. The molecule has 1 aliphatic rings. The van der Waals surface area contributed by atoms with Crippen molar-refractivity contribution in [2.75, 3.05) is 6.54 Å². The summed E-state index contributed by atoms with van der Waals surface area (Å²) in [6, 6.07) is 5.49. The van der Waals surface area contributed by atoms with Crippen molar-refractivity contribution in [3.05, 3.63) is 46.3 Å². The molecule has 23 heavy (non-hydrogen) atoms. The monoisotopic (exact) mass is 334 g/mol. The second-order valence-electron chi connectivity index (χ2n) is 6.09. The molecule has 0 radical (unpaired) electrons. The SMILES string of the molecule is Cc1noc(C)c1CCNS(=O)(=O)c1ccc2c(c1)CCCC2. The molecule has 3 rings (SSSR count). The first-order valence-electron chi connectivity index (χ1n) is 8.00. The van der Waals surface area contributed by atoms with Gasteiger partial charge in [0.2, 0.25) is 10.0 Å². The summed E-state index contributed by atoms with van der Waals surface area (Å²) in [6.45, 7) is 4.04. The molecule has 1 aromatic heterocycles. The molecule has 0 bridgehead atoms. The molecule has 2 aromatic rings. The highest BCUT2D eigenvalue weighted by Gasteiger charge is 2.18. The van der Waals surface area contributed by atoms with Crippen LogP contribution in [0.1, 0.15) is 41.0 Å². The lowest BCUT2D eigenvalue weighted by Crippen LogP contribution is -2.26. The normalized spacial score (nSPS) is 14.7. The number of rotatable bonds is 5. The average molecular weight is 334 g/mol. The number of nitrogens with one attached hydrogen (secondary N) is 1. The molecule has 0 fully saturated rings. The Kier molecular flexibility index (Phi) is 4.55. The van der Waals surface area contributed by atoms with E-state index in [0.29, 0.717) is 17.9 Å². The number of sulfonamides is 1. The predicted octanol–water partition coefficient (Wildman–Crippen LogP) is 2.69. The summed E-state index contributed by atoms with van der Waals surface area (Å²) in [6.07, 6.45) is 4.92. The van der Waals surface area contributed by atoms with Gasteiger partial charge in [0.05, 0.1) is 10.6 Å². The van der Waals surface area contributed by atoms with Crippen molar-refractivity contribution in [3.8, 4) is 0 Å². The fourth-order valence-electron chi connectivity index (χ4n) is 3.13. The molecular formula is C17H22N2O3S. The van der Waals surface area contributed by atoms with Gasteiger partial charge in [-0.2, -0.15) is 0 Å². The molecule has 0 saturated carbocycles. The highest BCUT2D eigenvalue weighted by Crippen LogP contribution is 2.24. The highest BCUT2D eigenvalue weighted by atomic mass is 32.2. The van der Waals surface area contributed by atoms with Crippen molar-refractivity contribution in [3.63, 3.8) is 0 Å². The Morgan fingerprint density at radius 1 is 1.17 bits per heavy atom. The zero-order valence-corrected chi connectivity index (χ0v) is 14.4. The van der Waals surface area contributed by atoms with Crippen LogP contribution in [0.4, 0.5) is 0 Å². The average Bonchev–Trinajstić information content (AvgIpc) is 2.86. The van der Waals surface area contributed by atoms with E-state index in [-0.39, 0.29) is 0 Å². The van der Waals surface area contributed by atoms with Crippen LogP contribution in [0.3, 0.4) is 0 Å². The van der Waals surface area contributed by atoms with E-state index in [1.807, 2.05) is 26.0 Å². The summed E-state index contributed by atoms with van der Waals surface area (Å²) >= 11 is 0. The molecule has 5 nitrogen and oxygen atoms in total. The number of aryl methyl sites for hydroxylation is 4. The van der Waals surface area contributed by atoms with Crippen LogP contribution >= 0.6 is 0 Å². The van der Waals surface area contributed by atoms with Crippen LogP contribution in [0, 0.1) is 13.8 Å². The summed E-state index contributed by atoms with van der Waals surface area (Å²) in [5.74, 6) is 0.746. The summed E-state index contributed by atoms with van der Waals surface area (Å²) in [5.41, 5.74) is 4.24. The van der Waals surface area contributed by atoms with E-state index in [9.17, 15) is 8.42 Å². The van der Waals surface area contributed by atoms with Crippen LogP contribution in [0.5, 0.6) is 0 Å². The number of aromatic nitrogens is 1. The van der Waals surface area contributed by atoms with Gasteiger partial charge in [-0.1, -0.05) is 11.2 Å². The number of benzene rings is 1. The molecule has 0 atom stereocenters. The summed E-state index contributed by atoms with van der Waals surface area (Å²) < 4.78 is 32.7. The van der Waals surface area contributed by atoms with Crippen LogP contribution < -0.4 is 4.72 Å². The Labute approximate surface area is 137 Å². The lowest BCUT2D eigenvalue weighted by molar-refractivity contribution is 0.392. The van der Waals surface area contributed by atoms with Crippen LogP contribution in [-0.4, -0.2) is 20.1 Å². The Morgan fingerprint density at radius 2 is 1.91 bits per heavy atom. The van der Waals surface area contributed by atoms with Gasteiger partial charge >= 0.3 is 0 Å². The van der Waals surface area contributed by atoms with Gasteiger partial charge in [-0.15, -0.1) is 0 Å². The van der Waals surface area contributed by atoms with Gasteiger partial charge < -0.3 is 4.52 Å². The summed E-state index contributed by atoms with van der Waals surface area (Å²) in [5, 5.41) is 3.89. The molecule has 6 heteroatoms. The minimum absolute atomic E-state index is 0.336. The zero-order chi connectivity index (χ0) is 16.4. The van der Waals surface area contributed by atoms with E-state index in [0.717, 1.165) is 36.3 Å². The van der Waals surface area contributed by atoms with E-state index < -0.39 is 10.0 Å². The van der Waals surface area contributed by atoms with Gasteiger partial charge in [0.25, 0.3) is 0 Å². The van der Waals surface area contributed by atoms with Crippen molar-refractivity contribution in [1.29, 1.82) is 0 Å². The summed E-state index contributed by atoms with van der Waals surface area (Å²) in [7, 11) is -3.47. The summed E-state index contributed by atoms with van der Waals surface area (Å²) in [4.78, 5) is 0.358. The van der Waals surface area contributed by atoms with E-state index in [1.165, 1.54) is 17.5 Å². The van der Waals surface area contributed by atoms with Crippen LogP contribution in [0.2, 0.25) is 0 Å². The van der Waals surface area contributed by atoms with Crippen molar-refractivity contribution in [1.82, 2.24) is 9.88 Å². The van der Waals surface area contributed by atoms with Gasteiger partial charge in [0.15, 0.2) is 0 Å². The number of hydrogen-bond donors (Lipinski definition) is 1. The maximum Gasteiger partial charge on any atom is 0.240 e. The van der Waals surface area contributed by atoms with Gasteiger partial charge in [-0.3, -0.25) is 0 Å². The third-order valence-electron chi connectivity index (χ3n) is 4.48. The Morgan fingerprint density at radius 3 is 2.61 bits per heavy atom. The lowest BCUT2D eigenvalue weighted by atomic mass is 9.92. The molecule has 0 aliphatic heterocycles. The second kappa shape index (κ2) is 6.45. The van der Waals surface area contributed by atoms with Crippen molar-refractivity contribution in [2.45, 2.75) is 50.8 Å². The number of hydrogen-bond acceptors (Lipinski definition) is 4. The van der Waals surface area contributed by atoms with Crippen molar-refractivity contribution >= 4 is 10.0 Å². The largest absolute Gasteiger partial charge is 0.361 e. The van der Waals surface area contributed by atoms with Gasteiger partial charge in [0.1, 0.15) is 5.76 Å². The fourth-order valence-corrected chi connectivity index (χ4v) is 4.21. The van der Waals surface area contributed by atoms with Crippen molar-refractivity contribution < 1.29 is 12.9 Å². The number of nitrogens with zero attached hydrogens (tertiary/aromatic N) is 1. The second-order valence-corrected chi connectivity index (χ2v) is 7.86. The standard InChI is InChI=1S/C17H22N2O3S/c1-12-17(13(2)22-19-12)9-10-18-23(20,21)16-8-7-14-5-3-4-6-15(14)11-16/h7-8,11,18H,3-6,9-10H2,1-2H3. The molecule has 0 saturated heterocycles. The maximum absolute atomic E-state index is 12.5. The van der Waals surface area contributed by atoms with Crippen molar-refractivity contribution in [2.24, 2.45) is 0 Å². The minimum atomic E-state index is -3.47. The van der Waals surface area contributed by atoms with Gasteiger partial charge in [-0.05, 0) is 69.2 Å². The van der Waals surface area contributed by atoms with E-state index in [1.54, 1.807) is 6.07 Å². The van der Waals surface area contributed by atoms with E-state index >= 15 is 0 Å². The first-order chi connectivity index (χ1) is 11.0. The quantitative estimate of drug-likeness (QED) is 0.912. The van der Waals surface area contributed by atoms with E-state index in [4.69, 9.17) is 4.52 Å². The smallest absolute Gasteiger partial charge is 0.240 e. The Bertz CT molecular complexity index is 790. The van der Waals surface area contributed by atoms with Crippen LogP contribution in [0.25, 0.3) is 0 Å². The van der Waals surface area contributed by atoms with Crippen LogP contribution in [-0.2, 0) is 29.3 Å². The molecule has 1 aliphatic carbocycles. The van der Waals surface area contributed by atoms with Crippen LogP contribution in [0.15, 0.2) is 27.6 Å². The third kappa shape index (κ3) is 3.48. The lowest BCUT2D eigenvalue weighted by Gasteiger charge is -2.16. The molecule has 0 spiro atoms. The molecule has 0 amide bonds.